The smallest absolute Gasteiger partial charge is 0.303 e. The molecule has 0 aromatic carbocycles. The minimum Gasteiger partial charge on any atom is -0.482 e. The summed E-state index contributed by atoms with van der Waals surface area (Å²) in [6.45, 7) is 4.03. The lowest BCUT2D eigenvalue weighted by Gasteiger charge is -2.19. The summed E-state index contributed by atoms with van der Waals surface area (Å²) in [6, 6.07) is 0. The Hall–Kier alpha value is -1.77. The summed E-state index contributed by atoms with van der Waals surface area (Å²) < 4.78 is 5.98. The van der Waals surface area contributed by atoms with Gasteiger partial charge in [-0.15, -0.1) is 0 Å². The molecular weight excluding hydrogens is 316 g/mol. The second kappa shape index (κ2) is 9.07. The number of fused-ring (bicyclic) bond motifs is 1. The lowest BCUT2D eigenvalue weighted by molar-refractivity contribution is -0.137. The zero-order chi connectivity index (χ0) is 18.3. The van der Waals surface area contributed by atoms with Crippen molar-refractivity contribution in [1.82, 2.24) is 0 Å². The van der Waals surface area contributed by atoms with Crippen LogP contribution in [0.1, 0.15) is 71.6 Å². The number of aliphatic hydroxyl groups is 1. The van der Waals surface area contributed by atoms with E-state index in [0.717, 1.165) is 44.9 Å². The first-order valence-corrected chi connectivity index (χ1v) is 9.37. The first-order chi connectivity index (χ1) is 11.9. The van der Waals surface area contributed by atoms with E-state index in [1.54, 1.807) is 0 Å². The van der Waals surface area contributed by atoms with Gasteiger partial charge in [-0.05, 0) is 49.8 Å². The number of rotatable bonds is 9. The van der Waals surface area contributed by atoms with Crippen molar-refractivity contribution >= 4 is 5.97 Å². The maximum Gasteiger partial charge on any atom is 0.303 e. The van der Waals surface area contributed by atoms with Gasteiger partial charge in [-0.2, -0.15) is 0 Å². The molecule has 2 atom stereocenters. The minimum absolute atomic E-state index is 0.0136. The van der Waals surface area contributed by atoms with Crippen LogP contribution in [0.15, 0.2) is 40.9 Å². The molecule has 0 aromatic heterocycles. The molecule has 1 aliphatic carbocycles. The molecule has 0 saturated heterocycles. The monoisotopic (exact) mass is 346 g/mol. The fourth-order valence-electron chi connectivity index (χ4n) is 3.34. The maximum atomic E-state index is 10.7. The molecule has 0 spiro atoms. The Balaban J connectivity index is 1.99. The van der Waals surface area contributed by atoms with Gasteiger partial charge >= 0.3 is 5.97 Å². The quantitative estimate of drug-likeness (QED) is 0.471. The third-order valence-corrected chi connectivity index (χ3v) is 4.84. The van der Waals surface area contributed by atoms with Crippen molar-refractivity contribution in [3.63, 3.8) is 0 Å². The van der Waals surface area contributed by atoms with Crippen LogP contribution in [0.5, 0.6) is 0 Å². The lowest BCUT2D eigenvalue weighted by Crippen LogP contribution is -2.20. The number of allylic oxidation sites excluding steroid dienone is 3. The summed E-state index contributed by atoms with van der Waals surface area (Å²) in [7, 11) is 0. The van der Waals surface area contributed by atoms with Gasteiger partial charge in [-0.25, -0.2) is 0 Å². The van der Waals surface area contributed by atoms with Crippen LogP contribution in [0.2, 0.25) is 0 Å². The summed E-state index contributed by atoms with van der Waals surface area (Å²) in [5.74, 6) is -0.183. The van der Waals surface area contributed by atoms with E-state index >= 15 is 0 Å². The fourth-order valence-corrected chi connectivity index (χ4v) is 3.34. The summed E-state index contributed by atoms with van der Waals surface area (Å²) in [5, 5.41) is 19.3. The van der Waals surface area contributed by atoms with Crippen LogP contribution in [-0.2, 0) is 9.53 Å². The predicted octanol–water partition coefficient (Wildman–Crippen LogP) is 4.66. The van der Waals surface area contributed by atoms with Crippen molar-refractivity contribution in [2.24, 2.45) is 0 Å². The third-order valence-electron chi connectivity index (χ3n) is 4.84. The van der Waals surface area contributed by atoms with Crippen LogP contribution in [0, 0.1) is 0 Å². The van der Waals surface area contributed by atoms with Crippen molar-refractivity contribution in [3.8, 4) is 0 Å². The van der Waals surface area contributed by atoms with Gasteiger partial charge in [0.05, 0.1) is 12.0 Å². The summed E-state index contributed by atoms with van der Waals surface area (Å²) in [4.78, 5) is 10.7. The van der Waals surface area contributed by atoms with E-state index in [2.05, 4.69) is 18.7 Å². The molecule has 0 amide bonds. The standard InChI is InChI=1S/C21H30O4/c1-3-4-5-14-21(2,24)15-13-16-9-11-19-18(16)8-6-7-17(25-19)10-12-20(22)23/h6,13,15,19,24H,3-5,8-12,14H2,1-2H3,(H,22,23). The summed E-state index contributed by atoms with van der Waals surface area (Å²) in [5.41, 5.74) is 4.79. The van der Waals surface area contributed by atoms with Gasteiger partial charge in [-0.1, -0.05) is 44.1 Å². The lowest BCUT2D eigenvalue weighted by atomic mass is 9.96. The van der Waals surface area contributed by atoms with E-state index in [1.807, 2.05) is 19.1 Å². The van der Waals surface area contributed by atoms with Crippen LogP contribution >= 0.6 is 0 Å². The normalized spacial score (nSPS) is 22.4. The largest absolute Gasteiger partial charge is 0.482 e. The highest BCUT2D eigenvalue weighted by Crippen LogP contribution is 2.35. The van der Waals surface area contributed by atoms with Gasteiger partial charge in [0.1, 0.15) is 11.9 Å². The van der Waals surface area contributed by atoms with Gasteiger partial charge in [0, 0.05) is 6.42 Å². The zero-order valence-electron chi connectivity index (χ0n) is 15.4. The SMILES string of the molecule is CCCCCC(C)(O)C=CC1=C2CC=C=C(CCC(=O)O)OC2CC1. The molecule has 4 heteroatoms. The number of hydrogen-bond donors (Lipinski definition) is 2. The highest BCUT2D eigenvalue weighted by atomic mass is 16.5. The minimum atomic E-state index is -0.821. The molecule has 1 heterocycles. The Bertz CT molecular complexity index is 603. The zero-order valence-corrected chi connectivity index (χ0v) is 15.4. The highest BCUT2D eigenvalue weighted by Gasteiger charge is 2.27. The average molecular weight is 346 g/mol. The third kappa shape index (κ3) is 6.22. The van der Waals surface area contributed by atoms with E-state index in [9.17, 15) is 9.90 Å². The van der Waals surface area contributed by atoms with Crippen LogP contribution in [0.3, 0.4) is 0 Å². The van der Waals surface area contributed by atoms with E-state index in [1.165, 1.54) is 11.1 Å². The fraction of sp³-hybridized carbons (Fsp3) is 0.619. The number of unbranched alkanes of at least 4 members (excludes halogenated alkanes) is 2. The van der Waals surface area contributed by atoms with Gasteiger partial charge in [-0.3, -0.25) is 4.79 Å². The average Bonchev–Trinajstić information content (AvgIpc) is 2.80. The van der Waals surface area contributed by atoms with Crippen LogP contribution in [0.4, 0.5) is 0 Å². The van der Waals surface area contributed by atoms with Gasteiger partial charge in [0.15, 0.2) is 0 Å². The molecule has 25 heavy (non-hydrogen) atoms. The maximum absolute atomic E-state index is 10.7. The Morgan fingerprint density at radius 2 is 2.28 bits per heavy atom. The topological polar surface area (TPSA) is 66.8 Å². The summed E-state index contributed by atoms with van der Waals surface area (Å²) in [6.07, 6.45) is 13.1. The van der Waals surface area contributed by atoms with Crippen molar-refractivity contribution in [3.05, 3.63) is 40.9 Å². The first-order valence-electron chi connectivity index (χ1n) is 9.37. The Morgan fingerprint density at radius 3 is 3.00 bits per heavy atom. The second-order valence-corrected chi connectivity index (χ2v) is 7.21. The molecule has 2 rings (SSSR count). The molecule has 2 unspecified atom stereocenters. The first kappa shape index (κ1) is 19.6. The number of carboxylic acids is 1. The van der Waals surface area contributed by atoms with Crippen LogP contribution < -0.4 is 0 Å². The van der Waals surface area contributed by atoms with Crippen molar-refractivity contribution in [2.75, 3.05) is 0 Å². The number of carbonyl (C=O) groups is 1. The van der Waals surface area contributed by atoms with E-state index in [4.69, 9.17) is 9.84 Å². The molecule has 0 fully saturated rings. The van der Waals surface area contributed by atoms with E-state index in [0.29, 0.717) is 12.2 Å². The highest BCUT2D eigenvalue weighted by molar-refractivity contribution is 5.66. The number of hydrogen-bond acceptors (Lipinski definition) is 3. The second-order valence-electron chi connectivity index (χ2n) is 7.21. The molecule has 0 saturated carbocycles. The number of carboxylic acid groups (broad SMARTS) is 1. The number of ether oxygens (including phenoxy) is 1. The molecule has 4 nitrogen and oxygen atoms in total. The molecule has 0 radical (unpaired) electrons. The predicted molar refractivity (Wildman–Crippen MR) is 98.1 cm³/mol. The van der Waals surface area contributed by atoms with Crippen LogP contribution in [-0.4, -0.2) is 27.9 Å². The van der Waals surface area contributed by atoms with Gasteiger partial charge in [0.2, 0.25) is 0 Å². The number of aliphatic carboxylic acids is 1. The molecule has 138 valence electrons. The van der Waals surface area contributed by atoms with Crippen molar-refractivity contribution in [1.29, 1.82) is 0 Å². The Kier molecular flexibility index (Phi) is 7.10. The van der Waals surface area contributed by atoms with E-state index < -0.39 is 11.6 Å². The molecular formula is C21H30O4. The van der Waals surface area contributed by atoms with Gasteiger partial charge in [0.25, 0.3) is 0 Å². The van der Waals surface area contributed by atoms with Gasteiger partial charge < -0.3 is 14.9 Å². The molecule has 1 aliphatic heterocycles. The van der Waals surface area contributed by atoms with Crippen molar-refractivity contribution < 1.29 is 19.7 Å². The molecule has 0 aromatic rings. The summed E-state index contributed by atoms with van der Waals surface area (Å²) >= 11 is 0. The molecule has 2 N–H and O–H groups in total. The molecule has 2 aliphatic rings. The van der Waals surface area contributed by atoms with E-state index in [-0.39, 0.29) is 12.5 Å². The van der Waals surface area contributed by atoms with Crippen molar-refractivity contribution in [2.45, 2.75) is 83.3 Å². The Morgan fingerprint density at radius 1 is 1.48 bits per heavy atom. The van der Waals surface area contributed by atoms with Crippen LogP contribution in [0.25, 0.3) is 0 Å². The Labute approximate surface area is 150 Å². The molecule has 0 bridgehead atoms.